The van der Waals surface area contributed by atoms with Crippen LogP contribution in [0.25, 0.3) is 20.4 Å². The Labute approximate surface area is 167 Å². The predicted octanol–water partition coefficient (Wildman–Crippen LogP) is 4.64. The Kier molecular flexibility index (Phi) is 3.84. The van der Waals surface area contributed by atoms with Crippen molar-refractivity contribution in [2.75, 3.05) is 24.3 Å². The highest BCUT2D eigenvalue weighted by Gasteiger charge is 2.34. The van der Waals surface area contributed by atoms with Crippen LogP contribution in [0.2, 0.25) is 0 Å². The zero-order valence-corrected chi connectivity index (χ0v) is 17.4. The van der Waals surface area contributed by atoms with E-state index in [9.17, 15) is 0 Å². The van der Waals surface area contributed by atoms with Crippen molar-refractivity contribution in [2.45, 2.75) is 33.2 Å². The number of aromatic nitrogens is 3. The van der Waals surface area contributed by atoms with E-state index in [0.717, 1.165) is 45.3 Å². The van der Waals surface area contributed by atoms with Gasteiger partial charge in [-0.25, -0.2) is 15.0 Å². The highest BCUT2D eigenvalue weighted by atomic mass is 32.1. The Morgan fingerprint density at radius 3 is 2.79 bits per heavy atom. The minimum atomic E-state index is 0.241. The first kappa shape index (κ1) is 17.4. The van der Waals surface area contributed by atoms with E-state index in [1.165, 1.54) is 16.5 Å². The summed E-state index contributed by atoms with van der Waals surface area (Å²) in [5.41, 5.74) is 4.01. The standard InChI is InChI=1S/C21H23N5OS/c1-21(2)8-13-14(9-21)19(26(3)4)25-20-15(13)16-17(28-20)18(24-11-23-16)22-10-12-6-5-7-27-12/h5-7,11H,8-10H2,1-4H3,(H,22,23,24). The van der Waals surface area contributed by atoms with Crippen LogP contribution in [0.15, 0.2) is 29.1 Å². The Hall–Kier alpha value is -2.67. The highest BCUT2D eigenvalue weighted by Crippen LogP contribution is 2.47. The number of nitrogens with one attached hydrogen (secondary N) is 1. The summed E-state index contributed by atoms with van der Waals surface area (Å²) in [6, 6.07) is 3.85. The summed E-state index contributed by atoms with van der Waals surface area (Å²) < 4.78 is 6.49. The van der Waals surface area contributed by atoms with Gasteiger partial charge in [0, 0.05) is 19.5 Å². The number of rotatable bonds is 4. The Balaban J connectivity index is 1.69. The molecule has 0 bridgehead atoms. The van der Waals surface area contributed by atoms with Gasteiger partial charge in [-0.05, 0) is 41.5 Å². The largest absolute Gasteiger partial charge is 0.467 e. The van der Waals surface area contributed by atoms with Crippen molar-refractivity contribution >= 4 is 43.4 Å². The third-order valence-corrected chi connectivity index (χ3v) is 6.42. The molecule has 0 amide bonds. The predicted molar refractivity (Wildman–Crippen MR) is 114 cm³/mol. The zero-order valence-electron chi connectivity index (χ0n) is 16.5. The SMILES string of the molecule is CN(C)c1nc2sc3c(NCc4ccco4)ncnc3c2c2c1CC(C)(C)C2. The van der Waals surface area contributed by atoms with Crippen molar-refractivity contribution < 1.29 is 4.42 Å². The van der Waals surface area contributed by atoms with Gasteiger partial charge in [0.2, 0.25) is 0 Å². The third-order valence-electron chi connectivity index (χ3n) is 5.34. The average molecular weight is 394 g/mol. The molecule has 0 radical (unpaired) electrons. The first-order valence-corrected chi connectivity index (χ1v) is 10.3. The van der Waals surface area contributed by atoms with Gasteiger partial charge in [0.05, 0.1) is 23.0 Å². The number of fused-ring (bicyclic) bond motifs is 5. The average Bonchev–Trinajstić information content (AvgIpc) is 3.34. The number of pyridine rings is 1. The molecule has 0 aliphatic heterocycles. The second kappa shape index (κ2) is 6.17. The molecule has 1 aliphatic rings. The molecule has 4 aromatic rings. The molecule has 0 saturated heterocycles. The van der Waals surface area contributed by atoms with Gasteiger partial charge in [-0.3, -0.25) is 0 Å². The number of hydrogen-bond donors (Lipinski definition) is 1. The fourth-order valence-corrected chi connectivity index (χ4v) is 5.30. The molecule has 7 heteroatoms. The fraction of sp³-hybridized carbons (Fsp3) is 0.381. The van der Waals surface area contributed by atoms with Gasteiger partial charge in [-0.2, -0.15) is 0 Å². The molecule has 0 atom stereocenters. The molecule has 1 aliphatic carbocycles. The summed E-state index contributed by atoms with van der Waals surface area (Å²) in [6.45, 7) is 5.26. The van der Waals surface area contributed by atoms with Gasteiger partial charge < -0.3 is 14.6 Å². The van der Waals surface area contributed by atoms with Crippen LogP contribution in [-0.2, 0) is 19.4 Å². The van der Waals surface area contributed by atoms with Gasteiger partial charge >= 0.3 is 0 Å². The quantitative estimate of drug-likeness (QED) is 0.545. The molecule has 0 fully saturated rings. The van der Waals surface area contributed by atoms with Crippen molar-refractivity contribution in [3.8, 4) is 0 Å². The molecular formula is C21H23N5OS. The molecule has 0 unspecified atom stereocenters. The van der Waals surface area contributed by atoms with Crippen LogP contribution in [0.5, 0.6) is 0 Å². The molecule has 0 aromatic carbocycles. The minimum absolute atomic E-state index is 0.241. The second-order valence-electron chi connectivity index (χ2n) is 8.42. The highest BCUT2D eigenvalue weighted by molar-refractivity contribution is 7.26. The van der Waals surface area contributed by atoms with Crippen molar-refractivity contribution in [3.63, 3.8) is 0 Å². The van der Waals surface area contributed by atoms with Gasteiger partial charge in [-0.1, -0.05) is 13.8 Å². The monoisotopic (exact) mass is 393 g/mol. The smallest absolute Gasteiger partial charge is 0.147 e. The van der Waals surface area contributed by atoms with E-state index in [0.29, 0.717) is 6.54 Å². The number of furan rings is 1. The molecule has 6 nitrogen and oxygen atoms in total. The maximum absolute atomic E-state index is 5.43. The van der Waals surface area contributed by atoms with Crippen LogP contribution in [0.4, 0.5) is 11.6 Å². The van der Waals surface area contributed by atoms with Gasteiger partial charge in [-0.15, -0.1) is 11.3 Å². The second-order valence-corrected chi connectivity index (χ2v) is 9.42. The zero-order chi connectivity index (χ0) is 19.5. The Morgan fingerprint density at radius 2 is 2.04 bits per heavy atom. The summed E-state index contributed by atoms with van der Waals surface area (Å²) in [5.74, 6) is 2.79. The molecule has 4 aromatic heterocycles. The Bertz CT molecular complexity index is 1180. The minimum Gasteiger partial charge on any atom is -0.467 e. The van der Waals surface area contributed by atoms with Crippen molar-refractivity contribution in [2.24, 2.45) is 5.41 Å². The number of hydrogen-bond acceptors (Lipinski definition) is 7. The lowest BCUT2D eigenvalue weighted by Gasteiger charge is -2.17. The summed E-state index contributed by atoms with van der Waals surface area (Å²) in [4.78, 5) is 17.3. The van der Waals surface area contributed by atoms with E-state index in [1.54, 1.807) is 23.9 Å². The van der Waals surface area contributed by atoms with E-state index in [4.69, 9.17) is 9.40 Å². The van der Waals surface area contributed by atoms with Gasteiger partial charge in [0.25, 0.3) is 0 Å². The molecule has 144 valence electrons. The van der Waals surface area contributed by atoms with Crippen LogP contribution < -0.4 is 10.2 Å². The van der Waals surface area contributed by atoms with Crippen molar-refractivity contribution in [1.82, 2.24) is 15.0 Å². The van der Waals surface area contributed by atoms with E-state index in [1.807, 2.05) is 12.1 Å². The molecule has 1 N–H and O–H groups in total. The summed E-state index contributed by atoms with van der Waals surface area (Å²) >= 11 is 1.67. The number of thiophene rings is 1. The molecular weight excluding hydrogens is 370 g/mol. The number of nitrogens with zero attached hydrogens (tertiary/aromatic N) is 4. The third kappa shape index (κ3) is 2.73. The summed E-state index contributed by atoms with van der Waals surface area (Å²) in [6.07, 6.45) is 5.42. The van der Waals surface area contributed by atoms with E-state index in [2.05, 4.69) is 48.1 Å². The van der Waals surface area contributed by atoms with E-state index < -0.39 is 0 Å². The van der Waals surface area contributed by atoms with Crippen molar-refractivity contribution in [1.29, 1.82) is 0 Å². The fourth-order valence-electron chi connectivity index (χ4n) is 4.18. The van der Waals surface area contributed by atoms with E-state index in [-0.39, 0.29) is 5.41 Å². The van der Waals surface area contributed by atoms with Gasteiger partial charge in [0.1, 0.15) is 28.6 Å². The van der Waals surface area contributed by atoms with Crippen molar-refractivity contribution in [3.05, 3.63) is 41.6 Å². The molecule has 0 saturated carbocycles. The summed E-state index contributed by atoms with van der Waals surface area (Å²) in [7, 11) is 4.15. The maximum atomic E-state index is 5.43. The topological polar surface area (TPSA) is 67.1 Å². The molecule has 5 rings (SSSR count). The number of anilines is 2. The lowest BCUT2D eigenvalue weighted by Crippen LogP contribution is -2.14. The maximum Gasteiger partial charge on any atom is 0.147 e. The molecule has 0 spiro atoms. The van der Waals surface area contributed by atoms with Crippen LogP contribution >= 0.6 is 11.3 Å². The Morgan fingerprint density at radius 1 is 1.21 bits per heavy atom. The van der Waals surface area contributed by atoms with Gasteiger partial charge in [0.15, 0.2) is 0 Å². The first-order valence-electron chi connectivity index (χ1n) is 9.45. The van der Waals surface area contributed by atoms with Crippen LogP contribution in [-0.4, -0.2) is 29.0 Å². The molecule has 4 heterocycles. The molecule has 28 heavy (non-hydrogen) atoms. The first-order chi connectivity index (χ1) is 13.4. The van der Waals surface area contributed by atoms with E-state index >= 15 is 0 Å². The lowest BCUT2D eigenvalue weighted by atomic mass is 9.90. The van der Waals surface area contributed by atoms with Crippen LogP contribution in [0.3, 0.4) is 0 Å². The summed E-state index contributed by atoms with van der Waals surface area (Å²) in [5, 5.41) is 4.60. The van der Waals surface area contributed by atoms with Crippen LogP contribution in [0, 0.1) is 5.41 Å². The normalized spacial score (nSPS) is 15.3. The van der Waals surface area contributed by atoms with Crippen LogP contribution in [0.1, 0.15) is 30.7 Å². The lowest BCUT2D eigenvalue weighted by molar-refractivity contribution is 0.393.